The van der Waals surface area contributed by atoms with Gasteiger partial charge < -0.3 is 15.7 Å². The zero-order valence-electron chi connectivity index (χ0n) is 14.4. The Morgan fingerprint density at radius 1 is 1.35 bits per heavy atom. The molecule has 0 heterocycles. The van der Waals surface area contributed by atoms with Crippen LogP contribution in [0.2, 0.25) is 0 Å². The first-order valence-corrected chi connectivity index (χ1v) is 8.27. The second-order valence-corrected chi connectivity index (χ2v) is 7.23. The van der Waals surface area contributed by atoms with Crippen LogP contribution < -0.4 is 10.6 Å². The molecule has 0 atom stereocenters. The first kappa shape index (κ1) is 17.5. The van der Waals surface area contributed by atoms with Gasteiger partial charge in [0.25, 0.3) is 0 Å². The van der Waals surface area contributed by atoms with Crippen molar-refractivity contribution in [3.05, 3.63) is 42.0 Å². The molecule has 1 aromatic rings. The number of aliphatic hydroxyl groups is 1. The van der Waals surface area contributed by atoms with Crippen molar-refractivity contribution in [2.75, 3.05) is 6.54 Å². The molecule has 2 rings (SSSR count). The molecule has 4 heteroatoms. The van der Waals surface area contributed by atoms with E-state index in [9.17, 15) is 9.90 Å². The standard InChI is InChI=1S/C19H28N2O2/c1-14(2)15-8-7-9-16(12-15)18(3,4)21-17(22)20-13-19(23)10-5-6-11-19/h7-9,12,23H,1,5-6,10-11,13H2,2-4H3,(H2,20,21,22). The molecule has 2 amide bonds. The number of carbonyl (C=O) groups excluding carboxylic acids is 1. The number of hydrogen-bond acceptors (Lipinski definition) is 2. The van der Waals surface area contributed by atoms with E-state index >= 15 is 0 Å². The van der Waals surface area contributed by atoms with Crippen molar-refractivity contribution in [2.45, 2.75) is 57.6 Å². The van der Waals surface area contributed by atoms with Crippen LogP contribution in [-0.4, -0.2) is 23.3 Å². The third kappa shape index (κ3) is 4.58. The maximum absolute atomic E-state index is 12.2. The summed E-state index contributed by atoms with van der Waals surface area (Å²) >= 11 is 0. The summed E-state index contributed by atoms with van der Waals surface area (Å²) < 4.78 is 0. The summed E-state index contributed by atoms with van der Waals surface area (Å²) in [5, 5.41) is 16.1. The predicted octanol–water partition coefficient (Wildman–Crippen LogP) is 3.56. The lowest BCUT2D eigenvalue weighted by atomic mass is 9.92. The minimum Gasteiger partial charge on any atom is -0.388 e. The number of nitrogens with one attached hydrogen (secondary N) is 2. The lowest BCUT2D eigenvalue weighted by molar-refractivity contribution is 0.0498. The first-order valence-electron chi connectivity index (χ1n) is 8.27. The first-order chi connectivity index (χ1) is 10.7. The number of amides is 2. The van der Waals surface area contributed by atoms with Crippen molar-refractivity contribution < 1.29 is 9.90 Å². The minimum absolute atomic E-state index is 0.254. The number of benzene rings is 1. The Bertz CT molecular complexity index is 587. The largest absolute Gasteiger partial charge is 0.388 e. The fourth-order valence-electron chi connectivity index (χ4n) is 3.03. The highest BCUT2D eigenvalue weighted by atomic mass is 16.3. The molecule has 0 spiro atoms. The topological polar surface area (TPSA) is 61.4 Å². The van der Waals surface area contributed by atoms with Crippen LogP contribution in [0.4, 0.5) is 4.79 Å². The number of rotatable bonds is 5. The Kier molecular flexibility index (Phi) is 5.15. The van der Waals surface area contributed by atoms with Crippen LogP contribution >= 0.6 is 0 Å². The van der Waals surface area contributed by atoms with Crippen LogP contribution in [0.3, 0.4) is 0 Å². The fourth-order valence-corrected chi connectivity index (χ4v) is 3.03. The van der Waals surface area contributed by atoms with E-state index in [4.69, 9.17) is 0 Å². The number of hydrogen-bond donors (Lipinski definition) is 3. The summed E-state index contributed by atoms with van der Waals surface area (Å²) in [6, 6.07) is 7.78. The SMILES string of the molecule is C=C(C)c1cccc(C(C)(C)NC(=O)NCC2(O)CCCC2)c1. The van der Waals surface area contributed by atoms with Gasteiger partial charge in [-0.1, -0.05) is 43.2 Å². The molecular formula is C19H28N2O2. The lowest BCUT2D eigenvalue weighted by Crippen LogP contribution is -2.50. The van der Waals surface area contributed by atoms with Gasteiger partial charge in [-0.25, -0.2) is 4.79 Å². The van der Waals surface area contributed by atoms with Crippen molar-refractivity contribution in [1.82, 2.24) is 10.6 Å². The van der Waals surface area contributed by atoms with Gasteiger partial charge in [0.2, 0.25) is 0 Å². The minimum atomic E-state index is -0.735. The molecule has 0 saturated heterocycles. The van der Waals surface area contributed by atoms with Crippen LogP contribution in [0.25, 0.3) is 5.57 Å². The van der Waals surface area contributed by atoms with Crippen molar-refractivity contribution in [3.8, 4) is 0 Å². The quantitative estimate of drug-likeness (QED) is 0.778. The molecule has 4 nitrogen and oxygen atoms in total. The Morgan fingerprint density at radius 3 is 2.61 bits per heavy atom. The summed E-state index contributed by atoms with van der Waals surface area (Å²) in [6.07, 6.45) is 3.58. The van der Waals surface area contributed by atoms with E-state index in [1.807, 2.05) is 45.0 Å². The van der Waals surface area contributed by atoms with Gasteiger partial charge in [-0.2, -0.15) is 0 Å². The van der Waals surface area contributed by atoms with Crippen molar-refractivity contribution in [3.63, 3.8) is 0 Å². The average Bonchev–Trinajstić information content (AvgIpc) is 2.92. The fraction of sp³-hybridized carbons (Fsp3) is 0.526. The van der Waals surface area contributed by atoms with E-state index < -0.39 is 11.1 Å². The van der Waals surface area contributed by atoms with Crippen molar-refractivity contribution in [1.29, 1.82) is 0 Å². The summed E-state index contributed by atoms with van der Waals surface area (Å²) in [7, 11) is 0. The number of carbonyl (C=O) groups is 1. The molecule has 0 aromatic heterocycles. The van der Waals surface area contributed by atoms with Crippen LogP contribution in [0.5, 0.6) is 0 Å². The molecule has 1 aromatic carbocycles. The molecule has 3 N–H and O–H groups in total. The van der Waals surface area contributed by atoms with Crippen LogP contribution in [-0.2, 0) is 5.54 Å². The van der Waals surface area contributed by atoms with E-state index in [1.165, 1.54) is 0 Å². The molecule has 1 aliphatic rings. The molecule has 0 radical (unpaired) electrons. The number of allylic oxidation sites excluding steroid dienone is 1. The van der Waals surface area contributed by atoms with Gasteiger partial charge in [0.15, 0.2) is 0 Å². The highest BCUT2D eigenvalue weighted by molar-refractivity contribution is 5.75. The molecule has 0 unspecified atom stereocenters. The summed E-state index contributed by atoms with van der Waals surface area (Å²) in [5.41, 5.74) is 1.84. The third-order valence-corrected chi connectivity index (χ3v) is 4.62. The number of urea groups is 1. The maximum atomic E-state index is 12.2. The molecule has 126 valence electrons. The maximum Gasteiger partial charge on any atom is 0.315 e. The summed E-state index contributed by atoms with van der Waals surface area (Å²) in [4.78, 5) is 12.2. The Morgan fingerprint density at radius 2 is 2.00 bits per heavy atom. The van der Waals surface area contributed by atoms with E-state index in [-0.39, 0.29) is 6.03 Å². The molecule has 1 aliphatic carbocycles. The third-order valence-electron chi connectivity index (χ3n) is 4.62. The van der Waals surface area contributed by atoms with Crippen LogP contribution in [0.1, 0.15) is 57.6 Å². The highest BCUT2D eigenvalue weighted by Crippen LogP contribution is 2.28. The van der Waals surface area contributed by atoms with Crippen LogP contribution in [0.15, 0.2) is 30.8 Å². The molecule has 0 bridgehead atoms. The second-order valence-electron chi connectivity index (χ2n) is 7.23. The van der Waals surface area contributed by atoms with Gasteiger partial charge in [-0.3, -0.25) is 0 Å². The van der Waals surface area contributed by atoms with E-state index in [2.05, 4.69) is 17.2 Å². The second kappa shape index (κ2) is 6.75. The lowest BCUT2D eigenvalue weighted by Gasteiger charge is -2.29. The Labute approximate surface area is 139 Å². The molecule has 0 aliphatic heterocycles. The van der Waals surface area contributed by atoms with E-state index in [1.54, 1.807) is 0 Å². The van der Waals surface area contributed by atoms with Crippen LogP contribution in [0, 0.1) is 0 Å². The van der Waals surface area contributed by atoms with Gasteiger partial charge in [-0.15, -0.1) is 0 Å². The normalized spacial score (nSPS) is 16.9. The van der Waals surface area contributed by atoms with Gasteiger partial charge >= 0.3 is 6.03 Å². The van der Waals surface area contributed by atoms with Crippen molar-refractivity contribution >= 4 is 11.6 Å². The van der Waals surface area contributed by atoms with Gasteiger partial charge in [0, 0.05) is 6.54 Å². The molecule has 1 fully saturated rings. The summed E-state index contributed by atoms with van der Waals surface area (Å²) in [5.74, 6) is 0. The van der Waals surface area contributed by atoms with Gasteiger partial charge in [0.05, 0.1) is 11.1 Å². The van der Waals surface area contributed by atoms with Gasteiger partial charge in [0.1, 0.15) is 0 Å². The zero-order valence-corrected chi connectivity index (χ0v) is 14.4. The molecular weight excluding hydrogens is 288 g/mol. The van der Waals surface area contributed by atoms with E-state index in [0.717, 1.165) is 42.4 Å². The summed E-state index contributed by atoms with van der Waals surface area (Å²) in [6.45, 7) is 10.2. The Hall–Kier alpha value is -1.81. The van der Waals surface area contributed by atoms with E-state index in [0.29, 0.717) is 6.54 Å². The monoisotopic (exact) mass is 316 g/mol. The molecule has 1 saturated carbocycles. The Balaban J connectivity index is 1.98. The highest BCUT2D eigenvalue weighted by Gasteiger charge is 2.32. The van der Waals surface area contributed by atoms with Crippen molar-refractivity contribution in [2.24, 2.45) is 0 Å². The smallest absolute Gasteiger partial charge is 0.315 e. The zero-order chi connectivity index (χ0) is 17.1. The predicted molar refractivity (Wildman–Crippen MR) is 94.1 cm³/mol. The molecule has 23 heavy (non-hydrogen) atoms. The average molecular weight is 316 g/mol. The van der Waals surface area contributed by atoms with Gasteiger partial charge in [-0.05, 0) is 50.8 Å².